The van der Waals surface area contributed by atoms with Gasteiger partial charge in [0.05, 0.1) is 6.10 Å². The van der Waals surface area contributed by atoms with Crippen LogP contribution < -0.4 is 5.32 Å². The molecular formula is C13H14F2N2O4. The lowest BCUT2D eigenvalue weighted by molar-refractivity contribution is -0.141. The van der Waals surface area contributed by atoms with Gasteiger partial charge in [0, 0.05) is 13.0 Å². The minimum absolute atomic E-state index is 0.123. The molecule has 1 aliphatic rings. The number of β-amino-alcohol motifs (C(OH)–C–C–N with tert-alkyl or cyclic N) is 1. The van der Waals surface area contributed by atoms with Gasteiger partial charge in [-0.1, -0.05) is 6.07 Å². The number of carbonyl (C=O) groups excluding carboxylic acids is 1. The van der Waals surface area contributed by atoms with E-state index in [1.165, 1.54) is 13.0 Å². The Bertz CT molecular complexity index is 594. The van der Waals surface area contributed by atoms with Crippen molar-refractivity contribution in [1.82, 2.24) is 4.90 Å². The number of hydrogen-bond acceptors (Lipinski definition) is 3. The van der Waals surface area contributed by atoms with E-state index < -0.39 is 41.5 Å². The van der Waals surface area contributed by atoms with Crippen LogP contribution in [-0.2, 0) is 4.79 Å². The van der Waals surface area contributed by atoms with Crippen molar-refractivity contribution in [1.29, 1.82) is 0 Å². The van der Waals surface area contributed by atoms with E-state index in [0.717, 1.165) is 11.0 Å². The Morgan fingerprint density at radius 2 is 2.05 bits per heavy atom. The van der Waals surface area contributed by atoms with Crippen LogP contribution in [0.1, 0.15) is 12.0 Å². The molecule has 1 fully saturated rings. The zero-order valence-corrected chi connectivity index (χ0v) is 11.1. The number of aliphatic carboxylic acids is 1. The van der Waals surface area contributed by atoms with Gasteiger partial charge >= 0.3 is 12.0 Å². The average Bonchev–Trinajstić information content (AvgIpc) is 2.81. The molecule has 1 aliphatic heterocycles. The summed E-state index contributed by atoms with van der Waals surface area (Å²) >= 11 is 0. The number of benzene rings is 1. The minimum atomic E-state index is -1.29. The Morgan fingerprint density at radius 1 is 1.38 bits per heavy atom. The average molecular weight is 300 g/mol. The quantitative estimate of drug-likeness (QED) is 0.768. The van der Waals surface area contributed by atoms with Gasteiger partial charge in [-0.05, 0) is 18.6 Å². The van der Waals surface area contributed by atoms with Crippen molar-refractivity contribution >= 4 is 17.7 Å². The number of halogens is 2. The predicted octanol–water partition coefficient (Wildman–Crippen LogP) is 1.32. The van der Waals surface area contributed by atoms with Gasteiger partial charge in [-0.3, -0.25) is 0 Å². The molecule has 1 heterocycles. The second-order valence-electron chi connectivity index (χ2n) is 4.88. The SMILES string of the molecule is Cc1ccc(F)c(NC(=O)N2C[C@H](O)C[C@H]2C(=O)O)c1F. The van der Waals surface area contributed by atoms with Crippen molar-refractivity contribution in [3.63, 3.8) is 0 Å². The topological polar surface area (TPSA) is 89.9 Å². The van der Waals surface area contributed by atoms with Crippen molar-refractivity contribution in [2.45, 2.75) is 25.5 Å². The standard InChI is InChI=1S/C13H14F2N2O4/c1-6-2-3-8(14)11(10(6)15)16-13(21)17-5-7(18)4-9(17)12(19)20/h2-3,7,9,18H,4-5H2,1H3,(H,16,21)(H,19,20)/t7-,9+/m1/s1. The summed E-state index contributed by atoms with van der Waals surface area (Å²) in [5, 5.41) is 20.5. The smallest absolute Gasteiger partial charge is 0.326 e. The Labute approximate surface area is 119 Å². The molecule has 0 aromatic heterocycles. The second-order valence-corrected chi connectivity index (χ2v) is 4.88. The van der Waals surface area contributed by atoms with E-state index in [9.17, 15) is 23.5 Å². The van der Waals surface area contributed by atoms with Gasteiger partial charge in [0.25, 0.3) is 0 Å². The molecule has 1 aromatic rings. The highest BCUT2D eigenvalue weighted by Gasteiger charge is 2.39. The number of carboxylic acid groups (broad SMARTS) is 1. The van der Waals surface area contributed by atoms with Crippen LogP contribution in [0, 0.1) is 18.6 Å². The lowest BCUT2D eigenvalue weighted by Gasteiger charge is -2.22. The minimum Gasteiger partial charge on any atom is -0.480 e. The fourth-order valence-electron chi connectivity index (χ4n) is 2.22. The number of urea groups is 1. The van der Waals surface area contributed by atoms with Crippen LogP contribution in [0.3, 0.4) is 0 Å². The third kappa shape index (κ3) is 2.94. The summed E-state index contributed by atoms with van der Waals surface area (Å²) in [4.78, 5) is 23.9. The van der Waals surface area contributed by atoms with E-state index in [1.807, 2.05) is 5.32 Å². The first-order valence-electron chi connectivity index (χ1n) is 6.24. The number of hydrogen-bond donors (Lipinski definition) is 3. The summed E-state index contributed by atoms with van der Waals surface area (Å²) in [6, 6.07) is 0.0277. The van der Waals surface area contributed by atoms with Crippen molar-refractivity contribution in [2.75, 3.05) is 11.9 Å². The number of aliphatic hydroxyl groups excluding tert-OH is 1. The molecule has 0 spiro atoms. The summed E-state index contributed by atoms with van der Waals surface area (Å²) in [5.41, 5.74) is -0.492. The largest absolute Gasteiger partial charge is 0.480 e. The molecule has 0 saturated carbocycles. The van der Waals surface area contributed by atoms with Gasteiger partial charge in [0.2, 0.25) is 0 Å². The third-order valence-electron chi connectivity index (χ3n) is 3.34. The van der Waals surface area contributed by atoms with Crippen LogP contribution in [0.5, 0.6) is 0 Å². The molecule has 21 heavy (non-hydrogen) atoms. The zero-order chi connectivity index (χ0) is 15.7. The number of amides is 2. The van der Waals surface area contributed by atoms with Crippen molar-refractivity contribution in [3.8, 4) is 0 Å². The summed E-state index contributed by atoms with van der Waals surface area (Å²) in [5.74, 6) is -3.17. The summed E-state index contributed by atoms with van der Waals surface area (Å²) < 4.78 is 27.4. The lowest BCUT2D eigenvalue weighted by Crippen LogP contribution is -2.43. The highest BCUT2D eigenvalue weighted by molar-refractivity contribution is 5.93. The van der Waals surface area contributed by atoms with Crippen LogP contribution in [0.15, 0.2) is 12.1 Å². The number of anilines is 1. The first kappa shape index (κ1) is 15.2. The summed E-state index contributed by atoms with van der Waals surface area (Å²) in [6.07, 6.45) is -1.11. The molecule has 0 unspecified atom stereocenters. The number of carbonyl (C=O) groups is 2. The monoisotopic (exact) mass is 300 g/mol. The summed E-state index contributed by atoms with van der Waals surface area (Å²) in [6.45, 7) is 1.20. The van der Waals surface area contributed by atoms with Crippen LogP contribution in [0.4, 0.5) is 19.3 Å². The van der Waals surface area contributed by atoms with E-state index in [0.29, 0.717) is 0 Å². The number of aryl methyl sites for hydroxylation is 1. The Hall–Kier alpha value is -2.22. The number of carboxylic acids is 1. The van der Waals surface area contributed by atoms with E-state index >= 15 is 0 Å². The van der Waals surface area contributed by atoms with Gasteiger partial charge in [-0.25, -0.2) is 18.4 Å². The molecule has 2 atom stereocenters. The van der Waals surface area contributed by atoms with Gasteiger partial charge < -0.3 is 20.4 Å². The van der Waals surface area contributed by atoms with Gasteiger partial charge in [-0.2, -0.15) is 0 Å². The van der Waals surface area contributed by atoms with Crippen molar-refractivity contribution in [2.24, 2.45) is 0 Å². The first-order chi connectivity index (χ1) is 9.81. The first-order valence-corrected chi connectivity index (χ1v) is 6.24. The fraction of sp³-hybridized carbons (Fsp3) is 0.385. The predicted molar refractivity (Wildman–Crippen MR) is 68.9 cm³/mol. The number of nitrogens with zero attached hydrogens (tertiary/aromatic N) is 1. The van der Waals surface area contributed by atoms with Gasteiger partial charge in [0.1, 0.15) is 17.5 Å². The van der Waals surface area contributed by atoms with E-state index in [-0.39, 0.29) is 18.5 Å². The highest BCUT2D eigenvalue weighted by atomic mass is 19.1. The number of rotatable bonds is 2. The zero-order valence-electron chi connectivity index (χ0n) is 11.1. The van der Waals surface area contributed by atoms with Gasteiger partial charge in [-0.15, -0.1) is 0 Å². The molecule has 1 saturated heterocycles. The molecule has 3 N–H and O–H groups in total. The summed E-state index contributed by atoms with van der Waals surface area (Å²) in [7, 11) is 0. The lowest BCUT2D eigenvalue weighted by atomic mass is 10.2. The van der Waals surface area contributed by atoms with E-state index in [2.05, 4.69) is 0 Å². The maximum atomic E-state index is 13.8. The molecule has 8 heteroatoms. The molecule has 114 valence electrons. The molecule has 2 amide bonds. The highest BCUT2D eigenvalue weighted by Crippen LogP contribution is 2.24. The fourth-order valence-corrected chi connectivity index (χ4v) is 2.22. The molecule has 6 nitrogen and oxygen atoms in total. The second kappa shape index (κ2) is 5.65. The molecular weight excluding hydrogens is 286 g/mol. The van der Waals surface area contributed by atoms with Gasteiger partial charge in [0.15, 0.2) is 5.82 Å². The Balaban J connectivity index is 2.22. The number of aliphatic hydroxyl groups is 1. The van der Waals surface area contributed by atoms with Crippen LogP contribution in [0.2, 0.25) is 0 Å². The van der Waals surface area contributed by atoms with Crippen molar-refractivity contribution < 1.29 is 28.6 Å². The number of likely N-dealkylation sites (tertiary alicyclic amines) is 1. The Kier molecular flexibility index (Phi) is 4.08. The molecule has 0 radical (unpaired) electrons. The maximum Gasteiger partial charge on any atom is 0.326 e. The van der Waals surface area contributed by atoms with Crippen LogP contribution >= 0.6 is 0 Å². The van der Waals surface area contributed by atoms with Crippen LogP contribution in [0.25, 0.3) is 0 Å². The third-order valence-corrected chi connectivity index (χ3v) is 3.34. The molecule has 2 rings (SSSR count). The molecule has 0 bridgehead atoms. The number of nitrogens with one attached hydrogen (secondary N) is 1. The van der Waals surface area contributed by atoms with Crippen molar-refractivity contribution in [3.05, 3.63) is 29.3 Å². The Morgan fingerprint density at radius 3 is 2.67 bits per heavy atom. The normalized spacial score (nSPS) is 21.4. The molecule has 1 aromatic carbocycles. The van der Waals surface area contributed by atoms with E-state index in [4.69, 9.17) is 5.11 Å². The van der Waals surface area contributed by atoms with E-state index in [1.54, 1.807) is 0 Å². The van der Waals surface area contributed by atoms with Crippen LogP contribution in [-0.4, -0.2) is 45.8 Å². The molecule has 0 aliphatic carbocycles. The maximum absolute atomic E-state index is 13.8.